The lowest BCUT2D eigenvalue weighted by atomic mass is 10.1. The number of carbonyl (C=O) groups is 2. The van der Waals surface area contributed by atoms with Gasteiger partial charge in [0, 0.05) is 23.7 Å². The number of hydrogen-bond donors (Lipinski definition) is 1. The van der Waals surface area contributed by atoms with Crippen LogP contribution in [0.5, 0.6) is 11.5 Å². The van der Waals surface area contributed by atoms with E-state index in [0.29, 0.717) is 16.5 Å². The molecule has 0 heterocycles. The van der Waals surface area contributed by atoms with Crippen molar-refractivity contribution in [1.29, 1.82) is 0 Å². The van der Waals surface area contributed by atoms with E-state index in [1.165, 1.54) is 37.3 Å². The Morgan fingerprint density at radius 2 is 1.60 bits per heavy atom. The van der Waals surface area contributed by atoms with Gasteiger partial charge >= 0.3 is 0 Å². The van der Waals surface area contributed by atoms with Crippen LogP contribution < -0.4 is 19.1 Å². The van der Waals surface area contributed by atoms with Gasteiger partial charge in [0.1, 0.15) is 12.6 Å². The third kappa shape index (κ3) is 7.35. The van der Waals surface area contributed by atoms with Crippen LogP contribution in [0.25, 0.3) is 0 Å². The van der Waals surface area contributed by atoms with Gasteiger partial charge in [0.2, 0.25) is 11.8 Å². The first-order chi connectivity index (χ1) is 20.1. The van der Waals surface area contributed by atoms with Gasteiger partial charge in [-0.25, -0.2) is 8.42 Å². The Bertz CT molecular complexity index is 1480. The molecule has 1 fully saturated rings. The van der Waals surface area contributed by atoms with Crippen LogP contribution in [0.15, 0.2) is 77.7 Å². The standard InChI is InChI=1S/C31H36ClN3O6S/c1-22(31(37)33-25-9-7-8-10-25)34(20-23-13-15-24(32)16-14-23)30(36)21-35(26-11-5-4-6-12-26)42(38,39)27-17-18-28(40-2)29(19-27)41-3/h4-6,11-19,22,25H,7-10,20-21H2,1-3H3,(H,33,37). The van der Waals surface area contributed by atoms with E-state index in [9.17, 15) is 18.0 Å². The van der Waals surface area contributed by atoms with Gasteiger partial charge in [-0.15, -0.1) is 0 Å². The van der Waals surface area contributed by atoms with Crippen LogP contribution in [-0.4, -0.2) is 58.0 Å². The normalized spacial score (nSPS) is 14.2. The largest absolute Gasteiger partial charge is 0.493 e. The van der Waals surface area contributed by atoms with Gasteiger partial charge in [-0.1, -0.05) is 54.8 Å². The molecule has 224 valence electrons. The van der Waals surface area contributed by atoms with E-state index in [1.807, 2.05) is 0 Å². The summed E-state index contributed by atoms with van der Waals surface area (Å²) in [6.45, 7) is 1.22. The first kappa shape index (κ1) is 31.2. The van der Waals surface area contributed by atoms with Gasteiger partial charge in [-0.05, 0) is 61.7 Å². The van der Waals surface area contributed by atoms with E-state index in [4.69, 9.17) is 21.1 Å². The lowest BCUT2D eigenvalue weighted by molar-refractivity contribution is -0.139. The fourth-order valence-corrected chi connectivity index (χ4v) is 6.54. The van der Waals surface area contributed by atoms with Gasteiger partial charge in [-0.2, -0.15) is 0 Å². The summed E-state index contributed by atoms with van der Waals surface area (Å²) in [6.07, 6.45) is 3.89. The minimum absolute atomic E-state index is 0.0682. The van der Waals surface area contributed by atoms with E-state index in [0.717, 1.165) is 35.6 Å². The average molecular weight is 614 g/mol. The van der Waals surface area contributed by atoms with Crippen molar-refractivity contribution < 1.29 is 27.5 Å². The summed E-state index contributed by atoms with van der Waals surface area (Å²) in [5.74, 6) is -0.209. The molecule has 0 aliphatic heterocycles. The Morgan fingerprint density at radius 1 is 0.952 bits per heavy atom. The number of methoxy groups -OCH3 is 2. The number of amides is 2. The Kier molecular flexibility index (Phi) is 10.3. The summed E-state index contributed by atoms with van der Waals surface area (Å²) in [6, 6.07) is 18.8. The summed E-state index contributed by atoms with van der Waals surface area (Å²) in [5, 5.41) is 3.60. The molecule has 2 amide bonds. The molecule has 1 N–H and O–H groups in total. The van der Waals surface area contributed by atoms with Crippen LogP contribution in [0.1, 0.15) is 38.2 Å². The summed E-state index contributed by atoms with van der Waals surface area (Å²) in [7, 11) is -1.38. The van der Waals surface area contributed by atoms with Crippen LogP contribution in [0.2, 0.25) is 5.02 Å². The zero-order chi connectivity index (χ0) is 30.3. The van der Waals surface area contributed by atoms with E-state index < -0.39 is 28.5 Å². The number of halogens is 1. The lowest BCUT2D eigenvalue weighted by Crippen LogP contribution is -2.52. The number of anilines is 1. The molecule has 1 unspecified atom stereocenters. The van der Waals surface area contributed by atoms with Gasteiger partial charge in [0.05, 0.1) is 24.8 Å². The van der Waals surface area contributed by atoms with Crippen molar-refractivity contribution in [2.45, 2.75) is 56.1 Å². The molecule has 1 aliphatic carbocycles. The van der Waals surface area contributed by atoms with Crippen LogP contribution >= 0.6 is 11.6 Å². The average Bonchev–Trinajstić information content (AvgIpc) is 3.52. The summed E-state index contributed by atoms with van der Waals surface area (Å²) in [4.78, 5) is 28.7. The quantitative estimate of drug-likeness (QED) is 0.307. The van der Waals surface area contributed by atoms with Gasteiger partial charge < -0.3 is 19.7 Å². The summed E-state index contributed by atoms with van der Waals surface area (Å²) < 4.78 is 39.7. The van der Waals surface area contributed by atoms with E-state index in [1.54, 1.807) is 61.5 Å². The molecule has 9 nitrogen and oxygen atoms in total. The second-order valence-electron chi connectivity index (χ2n) is 10.2. The molecule has 42 heavy (non-hydrogen) atoms. The Labute approximate surface area is 252 Å². The number of ether oxygens (including phenoxy) is 2. The smallest absolute Gasteiger partial charge is 0.264 e. The molecule has 1 atom stereocenters. The third-order valence-electron chi connectivity index (χ3n) is 7.40. The molecule has 3 aromatic carbocycles. The molecular formula is C31H36ClN3O6S. The van der Waals surface area contributed by atoms with E-state index >= 15 is 0 Å². The second-order valence-corrected chi connectivity index (χ2v) is 12.5. The number of hydrogen-bond acceptors (Lipinski definition) is 6. The highest BCUT2D eigenvalue weighted by atomic mass is 35.5. The van der Waals surface area contributed by atoms with Crippen LogP contribution in [0, 0.1) is 0 Å². The Balaban J connectivity index is 1.69. The predicted octanol–water partition coefficient (Wildman–Crippen LogP) is 5.03. The number of sulfonamides is 1. The van der Waals surface area contributed by atoms with Crippen molar-refractivity contribution in [1.82, 2.24) is 10.2 Å². The molecule has 0 bridgehead atoms. The van der Waals surface area contributed by atoms with Crippen molar-refractivity contribution in [3.05, 3.63) is 83.4 Å². The Morgan fingerprint density at radius 3 is 2.21 bits per heavy atom. The lowest BCUT2D eigenvalue weighted by Gasteiger charge is -2.32. The van der Waals surface area contributed by atoms with E-state index in [2.05, 4.69) is 5.32 Å². The molecular weight excluding hydrogens is 578 g/mol. The molecule has 11 heteroatoms. The molecule has 4 rings (SSSR count). The fourth-order valence-electron chi connectivity index (χ4n) is 4.99. The molecule has 1 aliphatic rings. The maximum atomic E-state index is 14.1. The van der Waals surface area contributed by atoms with Gasteiger partial charge in [0.25, 0.3) is 10.0 Å². The van der Waals surface area contributed by atoms with Gasteiger partial charge in [0.15, 0.2) is 11.5 Å². The first-order valence-electron chi connectivity index (χ1n) is 13.8. The molecule has 0 saturated heterocycles. The summed E-state index contributed by atoms with van der Waals surface area (Å²) in [5.41, 5.74) is 1.05. The highest BCUT2D eigenvalue weighted by Gasteiger charge is 2.33. The fraction of sp³-hybridized carbons (Fsp3) is 0.355. The van der Waals surface area contributed by atoms with Crippen molar-refractivity contribution in [3.8, 4) is 11.5 Å². The topological polar surface area (TPSA) is 105 Å². The number of para-hydroxylation sites is 1. The molecule has 0 aromatic heterocycles. The number of nitrogens with one attached hydrogen (secondary N) is 1. The Hall–Kier alpha value is -3.76. The maximum absolute atomic E-state index is 14.1. The number of benzene rings is 3. The molecule has 0 radical (unpaired) electrons. The SMILES string of the molecule is COc1ccc(S(=O)(=O)N(CC(=O)N(Cc2ccc(Cl)cc2)C(C)C(=O)NC2CCCC2)c2ccccc2)cc1OC. The second kappa shape index (κ2) is 13.9. The number of carbonyl (C=O) groups excluding carboxylic acids is 2. The molecule has 3 aromatic rings. The van der Waals surface area contributed by atoms with Crippen molar-refractivity contribution >= 4 is 39.1 Å². The molecule has 1 saturated carbocycles. The third-order valence-corrected chi connectivity index (χ3v) is 9.42. The minimum Gasteiger partial charge on any atom is -0.493 e. The van der Waals surface area contributed by atoms with Crippen molar-refractivity contribution in [3.63, 3.8) is 0 Å². The van der Waals surface area contributed by atoms with Crippen molar-refractivity contribution in [2.24, 2.45) is 0 Å². The highest BCUT2D eigenvalue weighted by Crippen LogP contribution is 2.32. The number of rotatable bonds is 12. The van der Waals surface area contributed by atoms with Crippen LogP contribution in [0.3, 0.4) is 0 Å². The summed E-state index contributed by atoms with van der Waals surface area (Å²) >= 11 is 6.07. The van der Waals surface area contributed by atoms with Gasteiger partial charge in [-0.3, -0.25) is 13.9 Å². The van der Waals surface area contributed by atoms with E-state index in [-0.39, 0.29) is 29.1 Å². The molecule has 0 spiro atoms. The zero-order valence-corrected chi connectivity index (χ0v) is 25.5. The predicted molar refractivity (Wildman–Crippen MR) is 162 cm³/mol. The first-order valence-corrected chi connectivity index (χ1v) is 15.6. The maximum Gasteiger partial charge on any atom is 0.264 e. The van der Waals surface area contributed by atoms with Crippen molar-refractivity contribution in [2.75, 3.05) is 25.1 Å². The van der Waals surface area contributed by atoms with Crippen LogP contribution in [0.4, 0.5) is 5.69 Å². The minimum atomic E-state index is -4.25. The zero-order valence-electron chi connectivity index (χ0n) is 24.0. The highest BCUT2D eigenvalue weighted by molar-refractivity contribution is 7.92. The number of nitrogens with zero attached hydrogens (tertiary/aromatic N) is 2. The monoisotopic (exact) mass is 613 g/mol. The van der Waals surface area contributed by atoms with Crippen LogP contribution in [-0.2, 0) is 26.2 Å².